The average molecular weight is 555 g/mol. The number of urea groups is 1. The van der Waals surface area contributed by atoms with Crippen molar-refractivity contribution in [3.05, 3.63) is 77.5 Å². The fraction of sp³-hybridized carbons (Fsp3) is 0.259. The molecule has 40 heavy (non-hydrogen) atoms. The molecule has 1 unspecified atom stereocenters. The number of halogens is 2. The van der Waals surface area contributed by atoms with E-state index in [9.17, 15) is 23.2 Å². The summed E-state index contributed by atoms with van der Waals surface area (Å²) in [6.07, 6.45) is 0.890. The zero-order valence-corrected chi connectivity index (χ0v) is 21.5. The normalized spacial score (nSPS) is 14.8. The second-order valence-electron chi connectivity index (χ2n) is 8.98. The molecule has 3 amide bonds. The number of hydrogen-bond acceptors (Lipinski definition) is 7. The quantitative estimate of drug-likeness (QED) is 0.229. The molecule has 1 fully saturated rings. The van der Waals surface area contributed by atoms with Gasteiger partial charge in [-0.3, -0.25) is 15.0 Å². The molecule has 1 saturated heterocycles. The molecular formula is C27H28F2N6O5. The van der Waals surface area contributed by atoms with E-state index in [-0.39, 0.29) is 22.8 Å². The molecule has 4 rings (SSSR count). The van der Waals surface area contributed by atoms with Gasteiger partial charge in [-0.2, -0.15) is 0 Å². The lowest BCUT2D eigenvalue weighted by molar-refractivity contribution is -0.0169. The number of amides is 3. The minimum absolute atomic E-state index is 0.0538. The van der Waals surface area contributed by atoms with Gasteiger partial charge in [0.1, 0.15) is 17.5 Å². The van der Waals surface area contributed by atoms with Gasteiger partial charge < -0.3 is 25.8 Å². The molecule has 0 spiro atoms. The van der Waals surface area contributed by atoms with Crippen LogP contribution in [0.2, 0.25) is 0 Å². The van der Waals surface area contributed by atoms with Gasteiger partial charge in [0, 0.05) is 49.3 Å². The van der Waals surface area contributed by atoms with E-state index < -0.39 is 36.0 Å². The van der Waals surface area contributed by atoms with Crippen molar-refractivity contribution in [2.24, 2.45) is 0 Å². The fourth-order valence-electron chi connectivity index (χ4n) is 4.26. The van der Waals surface area contributed by atoms with Crippen LogP contribution in [-0.4, -0.2) is 52.4 Å². The molecule has 0 radical (unpaired) electrons. The fourth-order valence-corrected chi connectivity index (χ4v) is 4.26. The second kappa shape index (κ2) is 12.8. The predicted octanol–water partition coefficient (Wildman–Crippen LogP) is 5.11. The van der Waals surface area contributed by atoms with Crippen LogP contribution in [0.1, 0.15) is 35.7 Å². The van der Waals surface area contributed by atoms with Gasteiger partial charge in [0.15, 0.2) is 6.23 Å². The van der Waals surface area contributed by atoms with Crippen LogP contribution in [0.4, 0.5) is 41.2 Å². The summed E-state index contributed by atoms with van der Waals surface area (Å²) in [5.41, 5.74) is 1.64. The Labute approximate surface area is 228 Å². The third-order valence-corrected chi connectivity index (χ3v) is 6.01. The lowest BCUT2D eigenvalue weighted by Gasteiger charge is -2.23. The number of anilines is 4. The molecule has 0 aliphatic carbocycles. The summed E-state index contributed by atoms with van der Waals surface area (Å²) in [4.78, 5) is 42.1. The van der Waals surface area contributed by atoms with Gasteiger partial charge in [0.25, 0.3) is 5.91 Å². The SMILES string of the molecule is CCNC(=O)Nc1cc(Nc2cc(F)cc(F)c2)c(C(=O)Nc2ccc(CN3CCCC3OC(=O)O)cc2)cn1. The van der Waals surface area contributed by atoms with Gasteiger partial charge in [-0.15, -0.1) is 0 Å². The van der Waals surface area contributed by atoms with Crippen molar-refractivity contribution in [1.82, 2.24) is 15.2 Å². The van der Waals surface area contributed by atoms with Crippen molar-refractivity contribution in [2.75, 3.05) is 29.0 Å². The third kappa shape index (κ3) is 7.63. The predicted molar refractivity (Wildman–Crippen MR) is 144 cm³/mol. The average Bonchev–Trinajstić information content (AvgIpc) is 3.30. The first-order valence-electron chi connectivity index (χ1n) is 12.5. The molecule has 2 aromatic carbocycles. The smallest absolute Gasteiger partial charge is 0.450 e. The van der Waals surface area contributed by atoms with Crippen LogP contribution >= 0.6 is 0 Å². The third-order valence-electron chi connectivity index (χ3n) is 6.01. The highest BCUT2D eigenvalue weighted by molar-refractivity contribution is 6.08. The number of likely N-dealkylation sites (tertiary alicyclic amines) is 1. The van der Waals surface area contributed by atoms with Gasteiger partial charge in [-0.25, -0.2) is 23.4 Å². The van der Waals surface area contributed by atoms with E-state index in [2.05, 4.69) is 26.3 Å². The number of nitrogens with one attached hydrogen (secondary N) is 4. The largest absolute Gasteiger partial charge is 0.507 e. The Morgan fingerprint density at radius 1 is 1.05 bits per heavy atom. The molecule has 3 aromatic rings. The second-order valence-corrected chi connectivity index (χ2v) is 8.98. The number of nitrogens with zero attached hydrogens (tertiary/aromatic N) is 2. The number of benzene rings is 2. The number of pyridine rings is 1. The van der Waals surface area contributed by atoms with Crippen molar-refractivity contribution in [3.63, 3.8) is 0 Å². The molecule has 5 N–H and O–H groups in total. The summed E-state index contributed by atoms with van der Waals surface area (Å²) in [7, 11) is 0. The van der Waals surface area contributed by atoms with Crippen LogP contribution in [-0.2, 0) is 11.3 Å². The van der Waals surface area contributed by atoms with E-state index in [1.165, 1.54) is 12.3 Å². The van der Waals surface area contributed by atoms with Crippen LogP contribution in [0, 0.1) is 11.6 Å². The molecule has 11 nitrogen and oxygen atoms in total. The van der Waals surface area contributed by atoms with E-state index in [1.807, 2.05) is 4.90 Å². The Bertz CT molecular complexity index is 1370. The van der Waals surface area contributed by atoms with E-state index in [1.54, 1.807) is 31.2 Å². The van der Waals surface area contributed by atoms with Crippen LogP contribution < -0.4 is 21.3 Å². The summed E-state index contributed by atoms with van der Waals surface area (Å²) < 4.78 is 32.5. The number of carbonyl (C=O) groups excluding carboxylic acids is 2. The first kappa shape index (κ1) is 28.2. The Morgan fingerprint density at radius 3 is 2.45 bits per heavy atom. The monoisotopic (exact) mass is 554 g/mol. The van der Waals surface area contributed by atoms with Crippen molar-refractivity contribution in [1.29, 1.82) is 0 Å². The zero-order chi connectivity index (χ0) is 28.6. The van der Waals surface area contributed by atoms with Crippen molar-refractivity contribution < 1.29 is 33.0 Å². The number of ether oxygens (including phenoxy) is 1. The molecule has 0 saturated carbocycles. The van der Waals surface area contributed by atoms with Crippen LogP contribution in [0.15, 0.2) is 54.7 Å². The Hall–Kier alpha value is -4.78. The van der Waals surface area contributed by atoms with Gasteiger partial charge in [0.05, 0.1) is 11.3 Å². The van der Waals surface area contributed by atoms with Gasteiger partial charge in [-0.05, 0) is 49.6 Å². The van der Waals surface area contributed by atoms with Crippen LogP contribution in [0.5, 0.6) is 0 Å². The minimum atomic E-state index is -1.31. The van der Waals surface area contributed by atoms with Gasteiger partial charge in [0.2, 0.25) is 0 Å². The molecule has 1 aromatic heterocycles. The lowest BCUT2D eigenvalue weighted by atomic mass is 10.1. The molecule has 2 heterocycles. The Kier molecular flexibility index (Phi) is 9.07. The molecule has 1 aliphatic rings. The van der Waals surface area contributed by atoms with Crippen LogP contribution in [0.3, 0.4) is 0 Å². The molecule has 13 heteroatoms. The summed E-state index contributed by atoms with van der Waals surface area (Å²) in [6, 6.07) is 10.7. The summed E-state index contributed by atoms with van der Waals surface area (Å²) >= 11 is 0. The van der Waals surface area contributed by atoms with Crippen molar-refractivity contribution >= 4 is 41.0 Å². The maximum absolute atomic E-state index is 13.8. The molecular weight excluding hydrogens is 526 g/mol. The summed E-state index contributed by atoms with van der Waals surface area (Å²) in [5, 5.41) is 19.6. The highest BCUT2D eigenvalue weighted by Gasteiger charge is 2.27. The van der Waals surface area contributed by atoms with Gasteiger partial charge >= 0.3 is 12.2 Å². The maximum atomic E-state index is 13.8. The first-order valence-corrected chi connectivity index (χ1v) is 12.5. The van der Waals surface area contributed by atoms with E-state index >= 15 is 0 Å². The van der Waals surface area contributed by atoms with Gasteiger partial charge in [-0.1, -0.05) is 12.1 Å². The van der Waals surface area contributed by atoms with Crippen molar-refractivity contribution in [3.8, 4) is 0 Å². The van der Waals surface area contributed by atoms with E-state index in [4.69, 9.17) is 9.84 Å². The number of hydrogen-bond donors (Lipinski definition) is 5. The number of carboxylic acid groups (broad SMARTS) is 1. The Morgan fingerprint density at radius 2 is 1.77 bits per heavy atom. The molecule has 0 bridgehead atoms. The molecule has 1 aliphatic heterocycles. The number of aromatic nitrogens is 1. The van der Waals surface area contributed by atoms with Crippen LogP contribution in [0.25, 0.3) is 0 Å². The molecule has 210 valence electrons. The minimum Gasteiger partial charge on any atom is -0.450 e. The van der Waals surface area contributed by atoms with Crippen molar-refractivity contribution in [2.45, 2.75) is 32.5 Å². The summed E-state index contributed by atoms with van der Waals surface area (Å²) in [6.45, 7) is 3.32. The number of carbonyl (C=O) groups is 3. The number of rotatable bonds is 9. The van der Waals surface area contributed by atoms with E-state index in [0.717, 1.165) is 30.2 Å². The topological polar surface area (TPSA) is 145 Å². The molecule has 1 atom stereocenters. The lowest BCUT2D eigenvalue weighted by Crippen LogP contribution is -2.32. The summed E-state index contributed by atoms with van der Waals surface area (Å²) in [5.74, 6) is -2.06. The first-order chi connectivity index (χ1) is 19.2. The Balaban J connectivity index is 1.50. The van der Waals surface area contributed by atoms with E-state index in [0.29, 0.717) is 31.7 Å². The maximum Gasteiger partial charge on any atom is 0.507 e. The highest BCUT2D eigenvalue weighted by atomic mass is 19.1. The highest BCUT2D eigenvalue weighted by Crippen LogP contribution is 2.26. The standard InChI is InChI=1S/C27H28F2N6O5/c1-2-30-26(37)34-23-13-22(32-20-11-17(28)10-18(29)12-20)21(14-31-23)25(36)33-19-7-5-16(6-8-19)15-35-9-3-4-24(35)40-27(38)39/h5-8,10-14,24H,2-4,9,15H2,1H3,(H,33,36)(H,38,39)(H3,30,31,32,34,37). The zero-order valence-electron chi connectivity index (χ0n) is 21.5.